The molecule has 1 amide bonds. The van der Waals surface area contributed by atoms with Crippen molar-refractivity contribution in [1.29, 1.82) is 0 Å². The van der Waals surface area contributed by atoms with Gasteiger partial charge < -0.3 is 5.32 Å². The maximum Gasteiger partial charge on any atom is 0.405 e. The summed E-state index contributed by atoms with van der Waals surface area (Å²) in [6.45, 7) is 2.40. The van der Waals surface area contributed by atoms with Crippen molar-refractivity contribution in [2.24, 2.45) is 0 Å². The number of ketones is 1. The lowest BCUT2D eigenvalue weighted by Crippen LogP contribution is -2.33. The highest BCUT2D eigenvalue weighted by molar-refractivity contribution is 5.98. The van der Waals surface area contributed by atoms with Crippen LogP contribution in [0.5, 0.6) is 0 Å². The molecule has 1 aromatic rings. The average molecular weight is 287 g/mol. The van der Waals surface area contributed by atoms with Crippen LogP contribution < -0.4 is 5.32 Å². The van der Waals surface area contributed by atoms with Crippen molar-refractivity contribution < 1.29 is 22.8 Å². The van der Waals surface area contributed by atoms with E-state index in [1.807, 2.05) is 13.8 Å². The third-order valence-electron chi connectivity index (χ3n) is 2.89. The van der Waals surface area contributed by atoms with E-state index in [-0.39, 0.29) is 18.6 Å². The molecule has 0 saturated carbocycles. The van der Waals surface area contributed by atoms with E-state index >= 15 is 0 Å². The number of hydrogen-bond donors (Lipinski definition) is 1. The number of benzene rings is 1. The average Bonchev–Trinajstić information content (AvgIpc) is 2.36. The Bertz CT molecular complexity index is 510. The molecule has 0 atom stereocenters. The van der Waals surface area contributed by atoms with Gasteiger partial charge in [0, 0.05) is 18.4 Å². The highest BCUT2D eigenvalue weighted by atomic mass is 19.4. The van der Waals surface area contributed by atoms with Crippen LogP contribution in [0, 0.1) is 13.8 Å². The van der Waals surface area contributed by atoms with Gasteiger partial charge in [0.25, 0.3) is 0 Å². The predicted molar refractivity (Wildman–Crippen MR) is 68.5 cm³/mol. The van der Waals surface area contributed by atoms with Crippen molar-refractivity contribution in [3.05, 3.63) is 34.9 Å². The Balaban J connectivity index is 2.47. The first kappa shape index (κ1) is 16.2. The molecule has 0 aliphatic rings. The molecule has 3 nitrogen and oxygen atoms in total. The van der Waals surface area contributed by atoms with Gasteiger partial charge in [-0.3, -0.25) is 9.59 Å². The van der Waals surface area contributed by atoms with E-state index in [2.05, 4.69) is 0 Å². The molecule has 1 aromatic carbocycles. The van der Waals surface area contributed by atoms with Crippen molar-refractivity contribution in [3.63, 3.8) is 0 Å². The molecular formula is C14H16F3NO2. The number of amides is 1. The van der Waals surface area contributed by atoms with Gasteiger partial charge in [-0.25, -0.2) is 0 Å². The summed E-state index contributed by atoms with van der Waals surface area (Å²) >= 11 is 0. The molecule has 0 radical (unpaired) electrons. The molecular weight excluding hydrogens is 271 g/mol. The van der Waals surface area contributed by atoms with Gasteiger partial charge in [-0.05, 0) is 31.0 Å². The third kappa shape index (κ3) is 5.42. The Morgan fingerprint density at radius 3 is 2.30 bits per heavy atom. The lowest BCUT2D eigenvalue weighted by Gasteiger charge is -2.08. The molecule has 6 heteroatoms. The number of hydrogen-bond acceptors (Lipinski definition) is 2. The Labute approximate surface area is 115 Å². The SMILES string of the molecule is Cc1ccc(C(=O)CCC(=O)NCC(F)(F)F)cc1C. The minimum absolute atomic E-state index is 0.105. The third-order valence-corrected chi connectivity index (χ3v) is 2.89. The highest BCUT2D eigenvalue weighted by Crippen LogP contribution is 2.14. The second kappa shape index (κ2) is 6.54. The number of alkyl halides is 3. The van der Waals surface area contributed by atoms with Crippen molar-refractivity contribution in [2.45, 2.75) is 32.9 Å². The number of Topliss-reactive ketones (excluding diaryl/α,β-unsaturated/α-hetero) is 1. The number of carbonyl (C=O) groups excluding carboxylic acids is 2. The van der Waals surface area contributed by atoms with Gasteiger partial charge in [0.2, 0.25) is 5.91 Å². The Hall–Kier alpha value is -1.85. The van der Waals surface area contributed by atoms with Crippen LogP contribution in [-0.4, -0.2) is 24.4 Å². The first-order valence-corrected chi connectivity index (χ1v) is 6.13. The zero-order valence-electron chi connectivity index (χ0n) is 11.3. The Morgan fingerprint density at radius 2 is 1.75 bits per heavy atom. The molecule has 20 heavy (non-hydrogen) atoms. The first-order valence-electron chi connectivity index (χ1n) is 6.13. The van der Waals surface area contributed by atoms with Crippen molar-refractivity contribution >= 4 is 11.7 Å². The minimum Gasteiger partial charge on any atom is -0.347 e. The predicted octanol–water partition coefficient (Wildman–Crippen LogP) is 2.94. The molecule has 0 fully saturated rings. The molecule has 0 spiro atoms. The fraction of sp³-hybridized carbons (Fsp3) is 0.429. The van der Waals surface area contributed by atoms with E-state index in [0.717, 1.165) is 11.1 Å². The minimum atomic E-state index is -4.44. The molecule has 0 heterocycles. The summed E-state index contributed by atoms with van der Waals surface area (Å²) in [5.74, 6) is -1.03. The lowest BCUT2D eigenvalue weighted by molar-refractivity contribution is -0.138. The summed E-state index contributed by atoms with van der Waals surface area (Å²) in [4.78, 5) is 23.0. The molecule has 0 aliphatic heterocycles. The standard InChI is InChI=1S/C14H16F3NO2/c1-9-3-4-11(7-10(9)2)12(19)5-6-13(20)18-8-14(15,16)17/h3-4,7H,5-6,8H2,1-2H3,(H,18,20). The van der Waals surface area contributed by atoms with Crippen molar-refractivity contribution in [3.8, 4) is 0 Å². The van der Waals surface area contributed by atoms with E-state index in [9.17, 15) is 22.8 Å². The molecule has 0 aliphatic carbocycles. The normalized spacial score (nSPS) is 11.2. The van der Waals surface area contributed by atoms with Crippen LogP contribution in [0.3, 0.4) is 0 Å². The van der Waals surface area contributed by atoms with E-state index in [4.69, 9.17) is 0 Å². The maximum atomic E-state index is 11.9. The van der Waals surface area contributed by atoms with E-state index in [1.165, 1.54) is 0 Å². The zero-order chi connectivity index (χ0) is 15.3. The highest BCUT2D eigenvalue weighted by Gasteiger charge is 2.27. The van der Waals surface area contributed by atoms with Gasteiger partial charge in [-0.1, -0.05) is 12.1 Å². The van der Waals surface area contributed by atoms with Crippen LogP contribution in [-0.2, 0) is 4.79 Å². The van der Waals surface area contributed by atoms with Crippen LogP contribution in [0.2, 0.25) is 0 Å². The Kier molecular flexibility index (Phi) is 5.30. The van der Waals surface area contributed by atoms with Crippen LogP contribution in [0.1, 0.15) is 34.3 Å². The zero-order valence-corrected chi connectivity index (χ0v) is 11.3. The topological polar surface area (TPSA) is 46.2 Å². The lowest BCUT2D eigenvalue weighted by atomic mass is 10.0. The second-order valence-corrected chi connectivity index (χ2v) is 4.61. The summed E-state index contributed by atoms with van der Waals surface area (Å²) in [6.07, 6.45) is -4.79. The maximum absolute atomic E-state index is 11.9. The van der Waals surface area contributed by atoms with Crippen LogP contribution >= 0.6 is 0 Å². The van der Waals surface area contributed by atoms with E-state index in [0.29, 0.717) is 5.56 Å². The van der Waals surface area contributed by atoms with Crippen LogP contribution in [0.25, 0.3) is 0 Å². The van der Waals surface area contributed by atoms with Gasteiger partial charge in [0.05, 0.1) is 0 Å². The number of nitrogens with one attached hydrogen (secondary N) is 1. The summed E-state index contributed by atoms with van der Waals surface area (Å²) in [5, 5.41) is 1.73. The fourth-order valence-corrected chi connectivity index (χ4v) is 1.57. The number of carbonyl (C=O) groups is 2. The number of aryl methyl sites for hydroxylation is 2. The van der Waals surface area contributed by atoms with Crippen molar-refractivity contribution in [2.75, 3.05) is 6.54 Å². The summed E-state index contributed by atoms with van der Waals surface area (Å²) < 4.78 is 35.6. The Morgan fingerprint density at radius 1 is 1.10 bits per heavy atom. The van der Waals surface area contributed by atoms with E-state index in [1.54, 1.807) is 23.5 Å². The largest absolute Gasteiger partial charge is 0.405 e. The first-order chi connectivity index (χ1) is 9.19. The molecule has 0 unspecified atom stereocenters. The van der Waals surface area contributed by atoms with E-state index < -0.39 is 18.6 Å². The van der Waals surface area contributed by atoms with Gasteiger partial charge in [-0.2, -0.15) is 13.2 Å². The molecule has 1 rings (SSSR count). The summed E-state index contributed by atoms with van der Waals surface area (Å²) in [7, 11) is 0. The smallest absolute Gasteiger partial charge is 0.347 e. The van der Waals surface area contributed by atoms with Crippen LogP contribution in [0.15, 0.2) is 18.2 Å². The summed E-state index contributed by atoms with van der Waals surface area (Å²) in [6, 6.07) is 5.16. The van der Waals surface area contributed by atoms with Gasteiger partial charge in [0.1, 0.15) is 6.54 Å². The molecule has 1 N–H and O–H groups in total. The fourth-order valence-electron chi connectivity index (χ4n) is 1.57. The van der Waals surface area contributed by atoms with Crippen molar-refractivity contribution in [1.82, 2.24) is 5.32 Å². The number of halogens is 3. The van der Waals surface area contributed by atoms with Gasteiger partial charge >= 0.3 is 6.18 Å². The second-order valence-electron chi connectivity index (χ2n) is 4.61. The molecule has 110 valence electrons. The molecule has 0 aromatic heterocycles. The van der Waals surface area contributed by atoms with Gasteiger partial charge in [-0.15, -0.1) is 0 Å². The van der Waals surface area contributed by atoms with Crippen LogP contribution in [0.4, 0.5) is 13.2 Å². The quantitative estimate of drug-likeness (QED) is 0.846. The summed E-state index contributed by atoms with van der Waals surface area (Å²) in [5.41, 5.74) is 2.47. The monoisotopic (exact) mass is 287 g/mol. The molecule has 0 saturated heterocycles. The van der Waals surface area contributed by atoms with Gasteiger partial charge in [0.15, 0.2) is 5.78 Å². The molecule has 0 bridgehead atoms. The number of rotatable bonds is 5.